The number of halogens is 6. The number of hydrogen-bond acceptors (Lipinski definition) is 5. The fourth-order valence-electron chi connectivity index (χ4n) is 3.68. The lowest BCUT2D eigenvalue weighted by Crippen LogP contribution is -2.10. The molecular formula is C28H34F6N4O2. The van der Waals surface area contributed by atoms with Crippen molar-refractivity contribution in [1.82, 2.24) is 10.1 Å². The van der Waals surface area contributed by atoms with Crippen molar-refractivity contribution in [2.24, 2.45) is 5.73 Å². The first-order chi connectivity index (χ1) is 18.7. The van der Waals surface area contributed by atoms with Crippen molar-refractivity contribution < 1.29 is 35.6 Å². The number of benzene rings is 2. The highest BCUT2D eigenvalue weighted by molar-refractivity contribution is 5.73. The summed E-state index contributed by atoms with van der Waals surface area (Å²) in [6.07, 6.45) is -4.73. The van der Waals surface area contributed by atoms with Gasteiger partial charge in [-0.05, 0) is 68.5 Å². The molecule has 3 N–H and O–H groups in total. The fraction of sp³-hybridized carbons (Fsp3) is 0.464. The Hall–Kier alpha value is -3.57. The van der Waals surface area contributed by atoms with Crippen LogP contribution in [0.1, 0.15) is 81.4 Å². The van der Waals surface area contributed by atoms with E-state index in [-0.39, 0.29) is 35.5 Å². The molecule has 40 heavy (non-hydrogen) atoms. The molecule has 3 aromatic rings. The number of nitrogens with two attached hydrogens (primary N) is 1. The Morgan fingerprint density at radius 1 is 1.00 bits per heavy atom. The molecule has 1 heterocycles. The van der Waals surface area contributed by atoms with E-state index in [9.17, 15) is 26.3 Å². The van der Waals surface area contributed by atoms with Gasteiger partial charge in [0.05, 0.1) is 23.6 Å². The molecule has 220 valence electrons. The Balaban J connectivity index is 0.00000131. The van der Waals surface area contributed by atoms with Gasteiger partial charge in [-0.15, -0.1) is 0 Å². The minimum atomic E-state index is -4.65. The highest BCUT2D eigenvalue weighted by Gasteiger charge is 2.35. The zero-order chi connectivity index (χ0) is 29.9. The zero-order valence-corrected chi connectivity index (χ0v) is 22.6. The predicted octanol–water partition coefficient (Wildman–Crippen LogP) is 8.41. The topological polar surface area (TPSA) is 98.0 Å². The normalized spacial score (nSPS) is 12.4. The second kappa shape index (κ2) is 14.7. The number of unbranched alkanes of at least 4 members (excludes halogenated alkanes) is 2. The van der Waals surface area contributed by atoms with E-state index in [1.165, 1.54) is 31.2 Å². The molecule has 0 radical (unpaired) electrons. The van der Waals surface area contributed by atoms with Gasteiger partial charge >= 0.3 is 12.4 Å². The molecular weight excluding hydrogens is 538 g/mol. The number of alkyl halides is 6. The maximum absolute atomic E-state index is 13.7. The van der Waals surface area contributed by atoms with Crippen LogP contribution in [0.2, 0.25) is 0 Å². The molecule has 1 atom stereocenters. The first kappa shape index (κ1) is 32.6. The van der Waals surface area contributed by atoms with Crippen molar-refractivity contribution in [3.63, 3.8) is 0 Å². The molecule has 0 fully saturated rings. The fourth-order valence-corrected chi connectivity index (χ4v) is 3.68. The number of aryl methyl sites for hydroxylation is 1. The van der Waals surface area contributed by atoms with Crippen molar-refractivity contribution in [3.05, 3.63) is 65.0 Å². The molecule has 0 saturated heterocycles. The summed E-state index contributed by atoms with van der Waals surface area (Å²) in [4.78, 5) is 4.27. The van der Waals surface area contributed by atoms with Crippen LogP contribution in [-0.2, 0) is 18.8 Å². The molecule has 3 rings (SSSR count). The van der Waals surface area contributed by atoms with E-state index in [4.69, 9.17) is 20.4 Å². The van der Waals surface area contributed by atoms with Crippen molar-refractivity contribution in [2.45, 2.75) is 77.6 Å². The SMILES string of the molecule is CC(=N)N.CCCC[C@H](C)c1nc(-c2ccc(OCCCCc3ccc(C(F)(F)F)cc3)c(C(F)(F)F)c2)no1. The monoisotopic (exact) mass is 572 g/mol. The van der Waals surface area contributed by atoms with Gasteiger partial charge in [-0.3, -0.25) is 5.41 Å². The molecule has 1 aromatic heterocycles. The highest BCUT2D eigenvalue weighted by Crippen LogP contribution is 2.39. The Kier molecular flexibility index (Phi) is 12.0. The molecule has 0 saturated carbocycles. The summed E-state index contributed by atoms with van der Waals surface area (Å²) in [7, 11) is 0. The lowest BCUT2D eigenvalue weighted by Gasteiger charge is -2.15. The van der Waals surface area contributed by atoms with E-state index in [1.807, 2.05) is 6.92 Å². The second-order valence-electron chi connectivity index (χ2n) is 9.39. The van der Waals surface area contributed by atoms with Gasteiger partial charge in [0.1, 0.15) is 5.75 Å². The van der Waals surface area contributed by atoms with E-state index >= 15 is 0 Å². The number of rotatable bonds is 11. The predicted molar refractivity (Wildman–Crippen MR) is 140 cm³/mol. The highest BCUT2D eigenvalue weighted by atomic mass is 19.4. The van der Waals surface area contributed by atoms with Gasteiger partial charge in [0.15, 0.2) is 0 Å². The van der Waals surface area contributed by atoms with Gasteiger partial charge in [-0.2, -0.15) is 31.3 Å². The maximum Gasteiger partial charge on any atom is 0.419 e. The Morgan fingerprint density at radius 3 is 2.23 bits per heavy atom. The van der Waals surface area contributed by atoms with Gasteiger partial charge in [0.25, 0.3) is 0 Å². The van der Waals surface area contributed by atoms with Crippen LogP contribution in [0.15, 0.2) is 47.0 Å². The first-order valence-corrected chi connectivity index (χ1v) is 12.9. The first-order valence-electron chi connectivity index (χ1n) is 12.9. The van der Waals surface area contributed by atoms with E-state index < -0.39 is 23.5 Å². The summed E-state index contributed by atoms with van der Waals surface area (Å²) >= 11 is 0. The quantitative estimate of drug-likeness (QED) is 0.104. The summed E-state index contributed by atoms with van der Waals surface area (Å²) in [6, 6.07) is 8.48. The Morgan fingerprint density at radius 2 is 1.65 bits per heavy atom. The molecule has 0 spiro atoms. The van der Waals surface area contributed by atoms with Crippen molar-refractivity contribution >= 4 is 5.84 Å². The molecule has 6 nitrogen and oxygen atoms in total. The molecule has 0 aliphatic heterocycles. The van der Waals surface area contributed by atoms with Crippen LogP contribution in [0.3, 0.4) is 0 Å². The molecule has 12 heteroatoms. The molecule has 2 aromatic carbocycles. The summed E-state index contributed by atoms with van der Waals surface area (Å²) in [6.45, 7) is 5.56. The van der Waals surface area contributed by atoms with Crippen LogP contribution in [0.5, 0.6) is 5.75 Å². The van der Waals surface area contributed by atoms with Gasteiger partial charge in [0.2, 0.25) is 11.7 Å². The van der Waals surface area contributed by atoms with Crippen molar-refractivity contribution in [2.75, 3.05) is 6.61 Å². The van der Waals surface area contributed by atoms with E-state index in [0.29, 0.717) is 30.7 Å². The lowest BCUT2D eigenvalue weighted by atomic mass is 10.0. The Bertz CT molecular complexity index is 1200. The van der Waals surface area contributed by atoms with E-state index in [2.05, 4.69) is 17.1 Å². The third kappa shape index (κ3) is 10.5. The van der Waals surface area contributed by atoms with Crippen LogP contribution in [0, 0.1) is 5.41 Å². The molecule has 0 unspecified atom stereocenters. The van der Waals surface area contributed by atoms with Gasteiger partial charge in [-0.1, -0.05) is 44.0 Å². The molecule has 0 amide bonds. The summed E-state index contributed by atoms with van der Waals surface area (Å²) < 4.78 is 89.7. The van der Waals surface area contributed by atoms with Crippen molar-refractivity contribution in [3.8, 4) is 17.1 Å². The number of nitrogens with one attached hydrogen (secondary N) is 1. The van der Waals surface area contributed by atoms with Crippen LogP contribution >= 0.6 is 0 Å². The third-order valence-corrected chi connectivity index (χ3v) is 5.80. The summed E-state index contributed by atoms with van der Waals surface area (Å²) in [5.74, 6) is 0.349. The van der Waals surface area contributed by atoms with Gasteiger partial charge in [0, 0.05) is 11.5 Å². The average molecular weight is 573 g/mol. The lowest BCUT2D eigenvalue weighted by molar-refractivity contribution is -0.139. The smallest absolute Gasteiger partial charge is 0.419 e. The molecule has 0 bridgehead atoms. The zero-order valence-electron chi connectivity index (χ0n) is 22.6. The van der Waals surface area contributed by atoms with Gasteiger partial charge in [-0.25, -0.2) is 0 Å². The number of nitrogens with zero attached hydrogens (tertiary/aromatic N) is 2. The minimum Gasteiger partial charge on any atom is -0.493 e. The van der Waals surface area contributed by atoms with Crippen molar-refractivity contribution in [1.29, 1.82) is 5.41 Å². The number of aromatic nitrogens is 2. The largest absolute Gasteiger partial charge is 0.493 e. The standard InChI is InChI=1S/C26H28F6N2O2.C2H6N2/c1-3-4-7-17(2)24-33-23(34-36-24)19-11-14-22(21(16-19)26(30,31)32)35-15-6-5-8-18-9-12-20(13-10-18)25(27,28)29;1-2(3)4/h9-14,16-17H,3-8,15H2,1-2H3;1H3,(H3,3,4)/t17-;/m0./s1. The van der Waals surface area contributed by atoms with E-state index in [1.54, 1.807) is 0 Å². The van der Waals surface area contributed by atoms with Crippen LogP contribution < -0.4 is 10.5 Å². The van der Waals surface area contributed by atoms with E-state index in [0.717, 1.165) is 37.5 Å². The summed E-state index contributed by atoms with van der Waals surface area (Å²) in [5.41, 5.74) is 3.93. The summed E-state index contributed by atoms with van der Waals surface area (Å²) in [5, 5.41) is 10.1. The second-order valence-corrected chi connectivity index (χ2v) is 9.39. The van der Waals surface area contributed by atoms with Crippen LogP contribution in [0.4, 0.5) is 26.3 Å². The Labute approximate surface area is 229 Å². The van der Waals surface area contributed by atoms with Gasteiger partial charge < -0.3 is 15.0 Å². The molecule has 0 aliphatic carbocycles. The van der Waals surface area contributed by atoms with Crippen LogP contribution in [-0.4, -0.2) is 22.6 Å². The average Bonchev–Trinajstić information content (AvgIpc) is 3.36. The maximum atomic E-state index is 13.7. The number of hydrogen-bond donors (Lipinski definition) is 2. The number of ether oxygens (including phenoxy) is 1. The third-order valence-electron chi connectivity index (χ3n) is 5.80. The minimum absolute atomic E-state index is 0.0125. The van der Waals surface area contributed by atoms with Crippen LogP contribution in [0.25, 0.3) is 11.4 Å². The molecule has 0 aliphatic rings. The number of amidine groups is 1.